The van der Waals surface area contributed by atoms with Gasteiger partial charge in [0.15, 0.2) is 0 Å². The number of aromatic nitrogens is 2. The minimum absolute atomic E-state index is 0.127. The Morgan fingerprint density at radius 3 is 2.65 bits per heavy atom. The summed E-state index contributed by atoms with van der Waals surface area (Å²) in [5.74, 6) is 0.213. The summed E-state index contributed by atoms with van der Waals surface area (Å²) in [6, 6.07) is 10.6. The molecule has 0 aliphatic carbocycles. The summed E-state index contributed by atoms with van der Waals surface area (Å²) in [5, 5.41) is 6.74. The van der Waals surface area contributed by atoms with Crippen LogP contribution in [0, 0.1) is 26.6 Å². The fourth-order valence-electron chi connectivity index (χ4n) is 2.59. The van der Waals surface area contributed by atoms with E-state index >= 15 is 0 Å². The number of hydrogen-bond acceptors (Lipinski definition) is 4. The van der Waals surface area contributed by atoms with E-state index in [2.05, 4.69) is 15.5 Å². The van der Waals surface area contributed by atoms with Crippen molar-refractivity contribution in [2.24, 2.45) is 0 Å². The molecular formula is C20H20FN3O2. The molecular weight excluding hydrogens is 333 g/mol. The molecule has 6 heteroatoms. The van der Waals surface area contributed by atoms with Gasteiger partial charge in [0, 0.05) is 24.1 Å². The summed E-state index contributed by atoms with van der Waals surface area (Å²) >= 11 is 0. The highest BCUT2D eigenvalue weighted by Crippen LogP contribution is 2.20. The van der Waals surface area contributed by atoms with Gasteiger partial charge in [0.25, 0.3) is 0 Å². The molecule has 1 N–H and O–H groups in total. The molecule has 1 heterocycles. The minimum atomic E-state index is -0.318. The molecule has 0 bridgehead atoms. The monoisotopic (exact) mass is 353 g/mol. The van der Waals surface area contributed by atoms with Crippen molar-refractivity contribution in [2.75, 3.05) is 5.32 Å². The molecule has 0 radical (unpaired) electrons. The summed E-state index contributed by atoms with van der Waals surface area (Å²) in [6.45, 7) is 5.65. The highest BCUT2D eigenvalue weighted by Gasteiger charge is 2.12. The normalized spacial score (nSPS) is 10.8. The number of aryl methyl sites for hydroxylation is 4. The van der Waals surface area contributed by atoms with Gasteiger partial charge in [0.2, 0.25) is 17.6 Å². The second kappa shape index (κ2) is 7.47. The number of benzene rings is 2. The number of nitrogens with zero attached hydrogens (tertiary/aromatic N) is 2. The highest BCUT2D eigenvalue weighted by molar-refractivity contribution is 5.91. The molecule has 2 aromatic carbocycles. The zero-order chi connectivity index (χ0) is 18.7. The SMILES string of the molecule is Cc1ccc(NC(=O)CCc2nc(-c3ccc(C)c(F)c3)no2)c(C)c1. The zero-order valence-corrected chi connectivity index (χ0v) is 15.0. The second-order valence-corrected chi connectivity index (χ2v) is 6.34. The molecule has 0 atom stereocenters. The number of rotatable bonds is 5. The number of hydrogen-bond donors (Lipinski definition) is 1. The second-order valence-electron chi connectivity index (χ2n) is 6.34. The quantitative estimate of drug-likeness (QED) is 0.739. The first-order chi connectivity index (χ1) is 12.4. The fourth-order valence-corrected chi connectivity index (χ4v) is 2.59. The van der Waals surface area contributed by atoms with Crippen LogP contribution in [0.25, 0.3) is 11.4 Å². The standard InChI is InChI=1S/C20H20FN3O2/c1-12-4-7-17(14(3)10-12)22-18(25)8-9-19-23-20(24-26-19)15-6-5-13(2)16(21)11-15/h4-7,10-11H,8-9H2,1-3H3,(H,22,25). The van der Waals surface area contributed by atoms with Crippen molar-refractivity contribution in [3.63, 3.8) is 0 Å². The van der Waals surface area contributed by atoms with E-state index in [9.17, 15) is 9.18 Å². The van der Waals surface area contributed by atoms with Crippen LogP contribution in [0.1, 0.15) is 29.0 Å². The van der Waals surface area contributed by atoms with Crippen molar-refractivity contribution in [1.82, 2.24) is 10.1 Å². The molecule has 1 aromatic heterocycles. The summed E-state index contributed by atoms with van der Waals surface area (Å²) in [4.78, 5) is 16.4. The van der Waals surface area contributed by atoms with Gasteiger partial charge in [-0.2, -0.15) is 4.98 Å². The van der Waals surface area contributed by atoms with Crippen LogP contribution in [0.15, 0.2) is 40.9 Å². The molecule has 0 spiro atoms. The van der Waals surface area contributed by atoms with E-state index in [1.807, 2.05) is 32.0 Å². The van der Waals surface area contributed by atoms with Gasteiger partial charge in [-0.05, 0) is 44.0 Å². The number of carbonyl (C=O) groups is 1. The van der Waals surface area contributed by atoms with E-state index in [-0.39, 0.29) is 18.1 Å². The van der Waals surface area contributed by atoms with E-state index < -0.39 is 0 Å². The highest BCUT2D eigenvalue weighted by atomic mass is 19.1. The Morgan fingerprint density at radius 2 is 1.92 bits per heavy atom. The number of anilines is 1. The lowest BCUT2D eigenvalue weighted by Crippen LogP contribution is -2.13. The molecule has 3 aromatic rings. The lowest BCUT2D eigenvalue weighted by atomic mass is 10.1. The molecule has 0 fully saturated rings. The van der Waals surface area contributed by atoms with Gasteiger partial charge in [-0.3, -0.25) is 4.79 Å². The summed E-state index contributed by atoms with van der Waals surface area (Å²) < 4.78 is 18.8. The predicted octanol–water partition coefficient (Wildman–Crippen LogP) is 4.37. The van der Waals surface area contributed by atoms with Crippen molar-refractivity contribution >= 4 is 11.6 Å². The molecule has 0 aliphatic heterocycles. The van der Waals surface area contributed by atoms with E-state index in [4.69, 9.17) is 4.52 Å². The molecule has 0 saturated heterocycles. The Labute approximate surface area is 151 Å². The average molecular weight is 353 g/mol. The fraction of sp³-hybridized carbons (Fsp3) is 0.250. The Kier molecular flexibility index (Phi) is 5.11. The minimum Gasteiger partial charge on any atom is -0.339 e. The summed E-state index contributed by atoms with van der Waals surface area (Å²) in [5.41, 5.74) is 4.05. The van der Waals surface area contributed by atoms with Crippen LogP contribution in [-0.2, 0) is 11.2 Å². The topological polar surface area (TPSA) is 68.0 Å². The van der Waals surface area contributed by atoms with Gasteiger partial charge in [0.1, 0.15) is 5.82 Å². The van der Waals surface area contributed by atoms with Crippen molar-refractivity contribution in [3.8, 4) is 11.4 Å². The summed E-state index contributed by atoms with van der Waals surface area (Å²) in [7, 11) is 0. The third-order valence-corrected chi connectivity index (χ3v) is 4.12. The Bertz CT molecular complexity index is 950. The first kappa shape index (κ1) is 17.8. The number of amides is 1. The largest absolute Gasteiger partial charge is 0.339 e. The van der Waals surface area contributed by atoms with Crippen molar-refractivity contribution < 1.29 is 13.7 Å². The van der Waals surface area contributed by atoms with Crippen LogP contribution in [0.5, 0.6) is 0 Å². The number of halogens is 1. The third-order valence-electron chi connectivity index (χ3n) is 4.12. The predicted molar refractivity (Wildman–Crippen MR) is 97.3 cm³/mol. The lowest BCUT2D eigenvalue weighted by Gasteiger charge is -2.08. The molecule has 0 aliphatic rings. The molecule has 5 nitrogen and oxygen atoms in total. The van der Waals surface area contributed by atoms with Crippen LogP contribution in [0.2, 0.25) is 0 Å². The molecule has 1 amide bonds. The maximum absolute atomic E-state index is 13.7. The molecule has 26 heavy (non-hydrogen) atoms. The van der Waals surface area contributed by atoms with Gasteiger partial charge in [-0.25, -0.2) is 4.39 Å². The van der Waals surface area contributed by atoms with Gasteiger partial charge in [-0.1, -0.05) is 35.0 Å². The van der Waals surface area contributed by atoms with E-state index in [0.717, 1.165) is 16.8 Å². The van der Waals surface area contributed by atoms with E-state index in [1.165, 1.54) is 6.07 Å². The first-order valence-electron chi connectivity index (χ1n) is 8.38. The van der Waals surface area contributed by atoms with Crippen LogP contribution in [0.3, 0.4) is 0 Å². The molecule has 3 rings (SSSR count). The number of carbonyl (C=O) groups excluding carboxylic acids is 1. The third kappa shape index (κ3) is 4.14. The van der Waals surface area contributed by atoms with Crippen LogP contribution >= 0.6 is 0 Å². The zero-order valence-electron chi connectivity index (χ0n) is 15.0. The van der Waals surface area contributed by atoms with Gasteiger partial charge in [-0.15, -0.1) is 0 Å². The molecule has 0 unspecified atom stereocenters. The van der Waals surface area contributed by atoms with Crippen LogP contribution in [-0.4, -0.2) is 16.0 Å². The maximum Gasteiger partial charge on any atom is 0.227 e. The van der Waals surface area contributed by atoms with Crippen molar-refractivity contribution in [3.05, 3.63) is 64.8 Å². The Morgan fingerprint density at radius 1 is 1.12 bits per heavy atom. The Balaban J connectivity index is 1.60. The first-order valence-corrected chi connectivity index (χ1v) is 8.38. The van der Waals surface area contributed by atoms with E-state index in [1.54, 1.807) is 19.1 Å². The smallest absolute Gasteiger partial charge is 0.227 e. The lowest BCUT2D eigenvalue weighted by molar-refractivity contribution is -0.116. The van der Waals surface area contributed by atoms with Gasteiger partial charge >= 0.3 is 0 Å². The van der Waals surface area contributed by atoms with E-state index in [0.29, 0.717) is 29.3 Å². The van der Waals surface area contributed by atoms with Crippen LogP contribution < -0.4 is 5.32 Å². The average Bonchev–Trinajstić information content (AvgIpc) is 3.07. The molecule has 134 valence electrons. The summed E-state index contributed by atoms with van der Waals surface area (Å²) in [6.07, 6.45) is 0.537. The van der Waals surface area contributed by atoms with Gasteiger partial charge in [0.05, 0.1) is 0 Å². The van der Waals surface area contributed by atoms with Crippen molar-refractivity contribution in [2.45, 2.75) is 33.6 Å². The molecule has 0 saturated carbocycles. The van der Waals surface area contributed by atoms with Crippen molar-refractivity contribution in [1.29, 1.82) is 0 Å². The van der Waals surface area contributed by atoms with Crippen LogP contribution in [0.4, 0.5) is 10.1 Å². The Hall–Kier alpha value is -3.02. The number of nitrogens with one attached hydrogen (secondary N) is 1. The maximum atomic E-state index is 13.7. The van der Waals surface area contributed by atoms with Gasteiger partial charge < -0.3 is 9.84 Å².